The zero-order chi connectivity index (χ0) is 18.0. The SMILES string of the molecule is CCOc1ccc(NC(=O)c2nc(C)n3c2CCCC3)c(C(N)=O)c1. The second kappa shape index (κ2) is 6.96. The highest BCUT2D eigenvalue weighted by molar-refractivity contribution is 6.08. The number of hydrogen-bond donors (Lipinski definition) is 2. The summed E-state index contributed by atoms with van der Waals surface area (Å²) in [6.07, 6.45) is 2.96. The van der Waals surface area contributed by atoms with Gasteiger partial charge in [-0.25, -0.2) is 4.98 Å². The molecule has 132 valence electrons. The van der Waals surface area contributed by atoms with Crippen molar-refractivity contribution >= 4 is 17.5 Å². The molecule has 3 rings (SSSR count). The quantitative estimate of drug-likeness (QED) is 0.870. The van der Waals surface area contributed by atoms with Gasteiger partial charge in [0.2, 0.25) is 0 Å². The Labute approximate surface area is 146 Å². The van der Waals surface area contributed by atoms with E-state index in [-0.39, 0.29) is 11.5 Å². The zero-order valence-corrected chi connectivity index (χ0v) is 14.5. The predicted molar refractivity (Wildman–Crippen MR) is 94.0 cm³/mol. The Morgan fingerprint density at radius 1 is 1.36 bits per heavy atom. The summed E-state index contributed by atoms with van der Waals surface area (Å²) in [4.78, 5) is 28.9. The van der Waals surface area contributed by atoms with Gasteiger partial charge in [-0.3, -0.25) is 9.59 Å². The Morgan fingerprint density at radius 2 is 2.16 bits per heavy atom. The van der Waals surface area contributed by atoms with Crippen LogP contribution in [-0.4, -0.2) is 28.0 Å². The second-order valence-electron chi connectivity index (χ2n) is 6.02. The number of carbonyl (C=O) groups is 2. The number of primary amides is 1. The molecule has 1 aromatic carbocycles. The summed E-state index contributed by atoms with van der Waals surface area (Å²) in [6, 6.07) is 4.85. The van der Waals surface area contributed by atoms with Crippen LogP contribution < -0.4 is 15.8 Å². The minimum Gasteiger partial charge on any atom is -0.494 e. The highest BCUT2D eigenvalue weighted by atomic mass is 16.5. The third-order valence-corrected chi connectivity index (χ3v) is 4.34. The summed E-state index contributed by atoms with van der Waals surface area (Å²) in [5.74, 6) is 0.413. The van der Waals surface area contributed by atoms with E-state index < -0.39 is 5.91 Å². The molecular weight excluding hydrogens is 320 g/mol. The molecule has 0 saturated carbocycles. The lowest BCUT2D eigenvalue weighted by molar-refractivity contribution is 0.100. The van der Waals surface area contributed by atoms with Crippen LogP contribution in [0.4, 0.5) is 5.69 Å². The summed E-state index contributed by atoms with van der Waals surface area (Å²) >= 11 is 0. The first-order chi connectivity index (χ1) is 12.0. The minimum atomic E-state index is -0.625. The van der Waals surface area contributed by atoms with Gasteiger partial charge >= 0.3 is 0 Å². The molecule has 0 radical (unpaired) electrons. The highest BCUT2D eigenvalue weighted by Crippen LogP contribution is 2.25. The lowest BCUT2D eigenvalue weighted by Gasteiger charge is -2.16. The fraction of sp³-hybridized carbons (Fsp3) is 0.389. The van der Waals surface area contributed by atoms with Crippen molar-refractivity contribution in [3.05, 3.63) is 41.0 Å². The fourth-order valence-electron chi connectivity index (χ4n) is 3.18. The van der Waals surface area contributed by atoms with Gasteiger partial charge in [-0.1, -0.05) is 0 Å². The average molecular weight is 342 g/mol. The Bertz CT molecular complexity index is 826. The molecule has 0 atom stereocenters. The third-order valence-electron chi connectivity index (χ3n) is 4.34. The lowest BCUT2D eigenvalue weighted by atomic mass is 10.1. The van der Waals surface area contributed by atoms with Crippen molar-refractivity contribution in [1.82, 2.24) is 9.55 Å². The number of amides is 2. The molecular formula is C18H22N4O3. The topological polar surface area (TPSA) is 99.2 Å². The molecule has 7 nitrogen and oxygen atoms in total. The van der Waals surface area contributed by atoms with Gasteiger partial charge in [0.25, 0.3) is 11.8 Å². The molecule has 0 aliphatic carbocycles. The molecule has 7 heteroatoms. The Morgan fingerprint density at radius 3 is 2.88 bits per heavy atom. The molecule has 2 amide bonds. The molecule has 2 aromatic rings. The van der Waals surface area contributed by atoms with Crippen LogP contribution in [0.3, 0.4) is 0 Å². The van der Waals surface area contributed by atoms with Crippen LogP contribution in [0.25, 0.3) is 0 Å². The maximum atomic E-state index is 12.7. The van der Waals surface area contributed by atoms with Crippen molar-refractivity contribution in [2.45, 2.75) is 39.7 Å². The molecule has 1 aliphatic heterocycles. The molecule has 0 unspecified atom stereocenters. The van der Waals surface area contributed by atoms with E-state index >= 15 is 0 Å². The van der Waals surface area contributed by atoms with Gasteiger partial charge in [0.1, 0.15) is 17.3 Å². The number of nitrogens with zero attached hydrogens (tertiary/aromatic N) is 2. The molecule has 1 aromatic heterocycles. The first-order valence-corrected chi connectivity index (χ1v) is 8.45. The van der Waals surface area contributed by atoms with Gasteiger partial charge in [-0.15, -0.1) is 0 Å². The van der Waals surface area contributed by atoms with E-state index in [0.29, 0.717) is 23.7 Å². The van der Waals surface area contributed by atoms with Crippen LogP contribution in [0.2, 0.25) is 0 Å². The van der Waals surface area contributed by atoms with Crippen molar-refractivity contribution < 1.29 is 14.3 Å². The fourth-order valence-corrected chi connectivity index (χ4v) is 3.18. The molecule has 2 heterocycles. The van der Waals surface area contributed by atoms with Gasteiger partial charge in [-0.2, -0.15) is 0 Å². The molecule has 0 saturated heterocycles. The Hall–Kier alpha value is -2.83. The number of benzene rings is 1. The van der Waals surface area contributed by atoms with Crippen molar-refractivity contribution in [2.75, 3.05) is 11.9 Å². The Balaban J connectivity index is 1.90. The summed E-state index contributed by atoms with van der Waals surface area (Å²) in [5, 5.41) is 2.77. The predicted octanol–water partition coefficient (Wildman–Crippen LogP) is 2.28. The number of nitrogens with one attached hydrogen (secondary N) is 1. The first-order valence-electron chi connectivity index (χ1n) is 8.45. The number of carbonyl (C=O) groups excluding carboxylic acids is 2. The first kappa shape index (κ1) is 17.0. The van der Waals surface area contributed by atoms with Crippen LogP contribution in [0.15, 0.2) is 18.2 Å². The van der Waals surface area contributed by atoms with Gasteiger partial charge in [0.15, 0.2) is 0 Å². The molecule has 25 heavy (non-hydrogen) atoms. The number of imidazole rings is 1. The van der Waals surface area contributed by atoms with E-state index in [2.05, 4.69) is 14.9 Å². The summed E-state index contributed by atoms with van der Waals surface area (Å²) < 4.78 is 7.47. The molecule has 0 spiro atoms. The molecule has 0 fully saturated rings. The van der Waals surface area contributed by atoms with Crippen molar-refractivity contribution in [1.29, 1.82) is 0 Å². The van der Waals surface area contributed by atoms with Gasteiger partial charge < -0.3 is 20.4 Å². The van der Waals surface area contributed by atoms with E-state index in [1.807, 2.05) is 13.8 Å². The number of nitrogens with two attached hydrogens (primary N) is 1. The smallest absolute Gasteiger partial charge is 0.276 e. The lowest BCUT2D eigenvalue weighted by Crippen LogP contribution is -2.21. The van der Waals surface area contributed by atoms with E-state index in [9.17, 15) is 9.59 Å². The van der Waals surface area contributed by atoms with E-state index in [4.69, 9.17) is 10.5 Å². The largest absolute Gasteiger partial charge is 0.494 e. The van der Waals surface area contributed by atoms with E-state index in [1.54, 1.807) is 12.1 Å². The molecule has 1 aliphatic rings. The van der Waals surface area contributed by atoms with E-state index in [1.165, 1.54) is 6.07 Å². The second-order valence-corrected chi connectivity index (χ2v) is 6.02. The average Bonchev–Trinajstić information content (AvgIpc) is 2.94. The summed E-state index contributed by atoms with van der Waals surface area (Å²) in [5.41, 5.74) is 7.38. The normalized spacial score (nSPS) is 13.2. The van der Waals surface area contributed by atoms with E-state index in [0.717, 1.165) is 37.3 Å². The van der Waals surface area contributed by atoms with Gasteiger partial charge in [0.05, 0.1) is 23.6 Å². The van der Waals surface area contributed by atoms with Crippen LogP contribution in [0.1, 0.15) is 52.1 Å². The van der Waals surface area contributed by atoms with Crippen molar-refractivity contribution in [3.63, 3.8) is 0 Å². The number of rotatable bonds is 5. The standard InChI is InChI=1S/C18H22N4O3/c1-3-25-12-7-8-14(13(10-12)17(19)23)21-18(24)16-15-6-4-5-9-22(15)11(2)20-16/h7-8,10H,3-6,9H2,1-2H3,(H2,19,23)(H,21,24). The maximum Gasteiger partial charge on any atom is 0.276 e. The molecule has 0 bridgehead atoms. The monoisotopic (exact) mass is 342 g/mol. The highest BCUT2D eigenvalue weighted by Gasteiger charge is 2.23. The number of aromatic nitrogens is 2. The van der Waals surface area contributed by atoms with Gasteiger partial charge in [0, 0.05) is 6.54 Å². The number of fused-ring (bicyclic) bond motifs is 1. The van der Waals surface area contributed by atoms with Gasteiger partial charge in [-0.05, 0) is 51.3 Å². The van der Waals surface area contributed by atoms with Crippen LogP contribution in [0, 0.1) is 6.92 Å². The van der Waals surface area contributed by atoms with Crippen molar-refractivity contribution in [2.24, 2.45) is 5.73 Å². The number of hydrogen-bond acceptors (Lipinski definition) is 4. The van der Waals surface area contributed by atoms with Crippen molar-refractivity contribution in [3.8, 4) is 5.75 Å². The zero-order valence-electron chi connectivity index (χ0n) is 14.5. The number of aryl methyl sites for hydroxylation is 1. The van der Waals surface area contributed by atoms with Crippen LogP contribution >= 0.6 is 0 Å². The number of ether oxygens (including phenoxy) is 1. The summed E-state index contributed by atoms with van der Waals surface area (Å²) in [7, 11) is 0. The van der Waals surface area contributed by atoms with Crippen LogP contribution in [-0.2, 0) is 13.0 Å². The summed E-state index contributed by atoms with van der Waals surface area (Å²) in [6.45, 7) is 5.11. The Kier molecular flexibility index (Phi) is 4.74. The molecule has 3 N–H and O–H groups in total. The van der Waals surface area contributed by atoms with Crippen LogP contribution in [0.5, 0.6) is 5.75 Å². The number of anilines is 1. The third kappa shape index (κ3) is 3.35. The maximum absolute atomic E-state index is 12.7. The minimum absolute atomic E-state index is 0.212.